The molecule has 2 aliphatic heterocycles. The van der Waals surface area contributed by atoms with Crippen LogP contribution in [-0.4, -0.2) is 56.7 Å². The van der Waals surface area contributed by atoms with Gasteiger partial charge in [0.2, 0.25) is 0 Å². The third-order valence-electron chi connectivity index (χ3n) is 7.81. The monoisotopic (exact) mass is 596 g/mol. The highest BCUT2D eigenvalue weighted by atomic mass is 16.2. The van der Waals surface area contributed by atoms with E-state index in [-0.39, 0.29) is 60.0 Å². The Hall–Kier alpha value is -5.78. The molecule has 0 fully saturated rings. The molecular weight excluding hydrogens is 568 g/mol. The number of fused-ring (bicyclic) bond motifs is 4. The number of amides is 4. The van der Waals surface area contributed by atoms with Crippen LogP contribution in [-0.2, 0) is 14.1 Å². The lowest BCUT2D eigenvalue weighted by molar-refractivity contribution is 0.0677. The maximum absolute atomic E-state index is 12.1. The van der Waals surface area contributed by atoms with Crippen molar-refractivity contribution in [3.63, 3.8) is 0 Å². The van der Waals surface area contributed by atoms with Crippen LogP contribution in [0, 0.1) is 0 Å². The standard InChI is InChI=1S/C18H12N2O4.C12H8N2O4.2CH4/c1-19-15(21)11-5-3-9(7-13(11)17(19)23)10-4-6-12-14(8-10)18(24)20(2)16(12)22;1-13-9(15)5-3-7-8(4-6(5)10(13)16)12(18)14(2)11(7)17;;/h3-8H,1-2H3;3-4H,1-2H3;2*1H4. The van der Waals surface area contributed by atoms with Crippen LogP contribution in [0.2, 0.25) is 0 Å². The molecule has 0 atom stereocenters. The second kappa shape index (κ2) is 10.5. The van der Waals surface area contributed by atoms with E-state index < -0.39 is 22.2 Å². The van der Waals surface area contributed by atoms with Gasteiger partial charge in [-0.15, -0.1) is 0 Å². The van der Waals surface area contributed by atoms with E-state index in [1.807, 2.05) is 0 Å². The fourth-order valence-electron chi connectivity index (χ4n) is 5.30. The molecule has 12 heteroatoms. The van der Waals surface area contributed by atoms with Gasteiger partial charge in [0.25, 0.3) is 45.9 Å². The van der Waals surface area contributed by atoms with Gasteiger partial charge in [0.05, 0.1) is 43.8 Å². The van der Waals surface area contributed by atoms with Crippen molar-refractivity contribution in [3.8, 4) is 11.1 Å². The first-order valence-electron chi connectivity index (χ1n) is 12.6. The molecule has 44 heavy (non-hydrogen) atoms. The minimum atomic E-state index is -0.451. The van der Waals surface area contributed by atoms with Gasteiger partial charge in [-0.05, 0) is 47.5 Å². The number of aromatic nitrogens is 2. The van der Waals surface area contributed by atoms with Gasteiger partial charge in [-0.1, -0.05) is 27.0 Å². The van der Waals surface area contributed by atoms with Gasteiger partial charge in [0, 0.05) is 28.2 Å². The summed E-state index contributed by atoms with van der Waals surface area (Å²) >= 11 is 0. The summed E-state index contributed by atoms with van der Waals surface area (Å²) < 4.78 is 1.94. The van der Waals surface area contributed by atoms with Gasteiger partial charge in [-0.2, -0.15) is 0 Å². The van der Waals surface area contributed by atoms with E-state index in [9.17, 15) is 38.4 Å². The average molecular weight is 597 g/mol. The van der Waals surface area contributed by atoms with Gasteiger partial charge in [-0.3, -0.25) is 57.3 Å². The number of nitrogens with zero attached hydrogens (tertiary/aromatic N) is 4. The third-order valence-corrected chi connectivity index (χ3v) is 7.81. The van der Waals surface area contributed by atoms with Crippen LogP contribution in [0.1, 0.15) is 56.3 Å². The van der Waals surface area contributed by atoms with Crippen molar-refractivity contribution in [2.75, 3.05) is 14.1 Å². The summed E-state index contributed by atoms with van der Waals surface area (Å²) in [6.07, 6.45) is 0. The first kappa shape index (κ1) is 31.2. The van der Waals surface area contributed by atoms with Crippen LogP contribution >= 0.6 is 0 Å². The van der Waals surface area contributed by atoms with Gasteiger partial charge >= 0.3 is 0 Å². The lowest BCUT2D eigenvalue weighted by Crippen LogP contribution is -2.24. The molecule has 4 amide bonds. The fraction of sp³-hybridized carbons (Fsp3) is 0.188. The van der Waals surface area contributed by atoms with Crippen LogP contribution in [0.4, 0.5) is 0 Å². The SMILES string of the molecule is C.C.CN1C(=O)c2ccc(-c3ccc4c(c3)C(=O)N(C)C4=O)cc2C1=O.Cn1c(=O)c2cc3c(=O)n(C)c(=O)c3cc2c1=O. The van der Waals surface area contributed by atoms with Crippen molar-refractivity contribution >= 4 is 45.2 Å². The first-order valence-corrected chi connectivity index (χ1v) is 12.6. The zero-order chi connectivity index (χ0) is 30.4. The molecule has 0 bridgehead atoms. The number of benzene rings is 3. The molecule has 2 aromatic heterocycles. The summed E-state index contributed by atoms with van der Waals surface area (Å²) in [6, 6.07) is 12.6. The highest BCUT2D eigenvalue weighted by Crippen LogP contribution is 2.31. The third kappa shape index (κ3) is 4.14. The number of imide groups is 2. The molecule has 3 aromatic carbocycles. The van der Waals surface area contributed by atoms with Crippen LogP contribution in [0.25, 0.3) is 32.7 Å². The molecule has 2 aliphatic rings. The quantitative estimate of drug-likeness (QED) is 0.267. The fourth-order valence-corrected chi connectivity index (χ4v) is 5.30. The maximum atomic E-state index is 12.1. The van der Waals surface area contributed by atoms with E-state index in [1.165, 1.54) is 40.3 Å². The summed E-state index contributed by atoms with van der Waals surface area (Å²) in [5, 5.41) is 0.714. The second-order valence-electron chi connectivity index (χ2n) is 10.1. The smallest absolute Gasteiger partial charge is 0.261 e. The Morgan fingerprint density at radius 2 is 0.659 bits per heavy atom. The predicted molar refractivity (Wildman–Crippen MR) is 165 cm³/mol. The Morgan fingerprint density at radius 1 is 0.386 bits per heavy atom. The number of hydrogen-bond acceptors (Lipinski definition) is 8. The molecule has 0 N–H and O–H groups in total. The zero-order valence-corrected chi connectivity index (χ0v) is 22.7. The molecular formula is C32H28N4O8. The second-order valence-corrected chi connectivity index (χ2v) is 10.1. The van der Waals surface area contributed by atoms with Crippen molar-refractivity contribution in [2.45, 2.75) is 14.9 Å². The number of rotatable bonds is 1. The molecule has 0 saturated carbocycles. The van der Waals surface area contributed by atoms with E-state index in [0.717, 1.165) is 18.9 Å². The topological polar surface area (TPSA) is 153 Å². The van der Waals surface area contributed by atoms with Crippen molar-refractivity contribution in [2.24, 2.45) is 14.1 Å². The maximum Gasteiger partial charge on any atom is 0.261 e. The van der Waals surface area contributed by atoms with Crippen molar-refractivity contribution in [1.29, 1.82) is 0 Å². The lowest BCUT2D eigenvalue weighted by Gasteiger charge is -2.05. The van der Waals surface area contributed by atoms with Crippen molar-refractivity contribution in [1.82, 2.24) is 18.9 Å². The van der Waals surface area contributed by atoms with E-state index in [1.54, 1.807) is 36.4 Å². The summed E-state index contributed by atoms with van der Waals surface area (Å²) in [5.74, 6) is -1.33. The molecule has 12 nitrogen and oxygen atoms in total. The Morgan fingerprint density at radius 3 is 0.955 bits per heavy atom. The van der Waals surface area contributed by atoms with E-state index in [0.29, 0.717) is 33.4 Å². The van der Waals surface area contributed by atoms with Crippen LogP contribution in [0.3, 0.4) is 0 Å². The Balaban J connectivity index is 0.000000199. The number of hydrogen-bond donors (Lipinski definition) is 0. The molecule has 4 heterocycles. The summed E-state index contributed by atoms with van der Waals surface area (Å²) in [7, 11) is 5.62. The molecule has 5 aromatic rings. The number of carbonyl (C=O) groups excluding carboxylic acids is 4. The number of carbonyl (C=O) groups is 4. The molecule has 0 saturated heterocycles. The van der Waals surface area contributed by atoms with Gasteiger partial charge in [0.1, 0.15) is 0 Å². The predicted octanol–water partition coefficient (Wildman–Crippen LogP) is 2.06. The van der Waals surface area contributed by atoms with Gasteiger partial charge in [0.15, 0.2) is 0 Å². The Labute approximate surface area is 249 Å². The van der Waals surface area contributed by atoms with Crippen LogP contribution < -0.4 is 22.2 Å². The Kier molecular flexibility index (Phi) is 7.43. The zero-order valence-electron chi connectivity index (χ0n) is 22.7. The lowest BCUT2D eigenvalue weighted by atomic mass is 9.97. The normalized spacial score (nSPS) is 13.5. The van der Waals surface area contributed by atoms with E-state index in [2.05, 4.69) is 0 Å². The van der Waals surface area contributed by atoms with Crippen molar-refractivity contribution in [3.05, 3.63) is 112 Å². The summed E-state index contributed by atoms with van der Waals surface area (Å²) in [4.78, 5) is 97.4. The average Bonchev–Trinajstić information content (AvgIpc) is 3.54. The van der Waals surface area contributed by atoms with E-state index >= 15 is 0 Å². The molecule has 224 valence electrons. The summed E-state index contributed by atoms with van der Waals surface area (Å²) in [5.41, 5.74) is 1.06. The van der Waals surface area contributed by atoms with E-state index in [4.69, 9.17) is 0 Å². The Bertz CT molecular complexity index is 2080. The largest absolute Gasteiger partial charge is 0.277 e. The highest BCUT2D eigenvalue weighted by Gasteiger charge is 2.34. The van der Waals surface area contributed by atoms with Gasteiger partial charge in [-0.25, -0.2) is 0 Å². The molecule has 0 spiro atoms. The van der Waals surface area contributed by atoms with Crippen LogP contribution in [0.5, 0.6) is 0 Å². The van der Waals surface area contributed by atoms with Crippen molar-refractivity contribution < 1.29 is 19.2 Å². The van der Waals surface area contributed by atoms with Gasteiger partial charge < -0.3 is 0 Å². The minimum absolute atomic E-state index is 0. The molecule has 7 rings (SSSR count). The molecule has 0 radical (unpaired) electrons. The minimum Gasteiger partial charge on any atom is -0.277 e. The molecule has 0 unspecified atom stereocenters. The first-order chi connectivity index (χ1) is 19.8. The van der Waals surface area contributed by atoms with Crippen LogP contribution in [0.15, 0.2) is 67.7 Å². The summed E-state index contributed by atoms with van der Waals surface area (Å²) in [6.45, 7) is 0. The molecule has 0 aliphatic carbocycles. The highest BCUT2D eigenvalue weighted by molar-refractivity contribution is 6.22.